The number of nitrogens with one attached hydrogen (secondary N) is 2. The normalized spacial score (nSPS) is 22.9. The Bertz CT molecular complexity index is 464. The average molecular weight is 303 g/mol. The third-order valence-electron chi connectivity index (χ3n) is 3.51. The Labute approximate surface area is 124 Å². The second-order valence-electron chi connectivity index (χ2n) is 4.97. The van der Waals surface area contributed by atoms with E-state index in [4.69, 9.17) is 0 Å². The van der Waals surface area contributed by atoms with Crippen LogP contribution in [0.1, 0.15) is 23.7 Å². The summed E-state index contributed by atoms with van der Waals surface area (Å²) in [5.41, 5.74) is -0.146. The van der Waals surface area contributed by atoms with Crippen molar-refractivity contribution in [2.75, 3.05) is 19.6 Å². The molecule has 1 heterocycles. The second kappa shape index (κ2) is 7.02. The van der Waals surface area contributed by atoms with Gasteiger partial charge in [0.2, 0.25) is 5.67 Å². The fourth-order valence-electron chi connectivity index (χ4n) is 2.27. The largest absolute Gasteiger partial charge is 0.387 e. The van der Waals surface area contributed by atoms with E-state index in [1.165, 1.54) is 0 Å². The van der Waals surface area contributed by atoms with Crippen LogP contribution >= 0.6 is 12.4 Å². The zero-order chi connectivity index (χ0) is 13.9. The van der Waals surface area contributed by atoms with Crippen molar-refractivity contribution in [3.8, 4) is 0 Å². The first kappa shape index (κ1) is 16.9. The fraction of sp³-hybridized carbons (Fsp3) is 0.500. The van der Waals surface area contributed by atoms with Gasteiger partial charge >= 0.3 is 0 Å². The summed E-state index contributed by atoms with van der Waals surface area (Å²) in [5.74, 6) is -0.648. The predicted molar refractivity (Wildman–Crippen MR) is 77.7 cm³/mol. The maximum atomic E-state index is 14.1. The summed E-state index contributed by atoms with van der Waals surface area (Å²) < 4.78 is 14.1. The molecule has 3 N–H and O–H groups in total. The lowest BCUT2D eigenvalue weighted by atomic mass is 10.0. The molecule has 1 aliphatic rings. The van der Waals surface area contributed by atoms with Gasteiger partial charge in [0.25, 0.3) is 5.91 Å². The van der Waals surface area contributed by atoms with Gasteiger partial charge in [-0.3, -0.25) is 4.79 Å². The minimum atomic E-state index is -1.84. The molecule has 1 saturated heterocycles. The maximum Gasteiger partial charge on any atom is 0.259 e. The lowest BCUT2D eigenvalue weighted by Gasteiger charge is -2.20. The molecule has 0 aliphatic carbocycles. The molecule has 1 aliphatic heterocycles. The SMILES string of the molecule is Cc1ccccc1C(O)CNC(=O)C1(F)CCNC1.Cl. The van der Waals surface area contributed by atoms with Crippen molar-refractivity contribution in [3.63, 3.8) is 0 Å². The Morgan fingerprint density at radius 3 is 2.85 bits per heavy atom. The number of rotatable bonds is 4. The number of carbonyl (C=O) groups is 1. The molecule has 20 heavy (non-hydrogen) atoms. The van der Waals surface area contributed by atoms with Crippen molar-refractivity contribution in [1.29, 1.82) is 0 Å². The highest BCUT2D eigenvalue weighted by Gasteiger charge is 2.41. The summed E-state index contributed by atoms with van der Waals surface area (Å²) in [6, 6.07) is 7.39. The van der Waals surface area contributed by atoms with Crippen LogP contribution < -0.4 is 10.6 Å². The molecular weight excluding hydrogens is 283 g/mol. The highest BCUT2D eigenvalue weighted by atomic mass is 35.5. The van der Waals surface area contributed by atoms with Gasteiger partial charge in [0.05, 0.1) is 6.10 Å². The van der Waals surface area contributed by atoms with Gasteiger partial charge in [0, 0.05) is 19.5 Å². The topological polar surface area (TPSA) is 61.4 Å². The van der Waals surface area contributed by atoms with Gasteiger partial charge in [0.15, 0.2) is 0 Å². The summed E-state index contributed by atoms with van der Waals surface area (Å²) in [5, 5.41) is 15.3. The molecule has 1 amide bonds. The third-order valence-corrected chi connectivity index (χ3v) is 3.51. The van der Waals surface area contributed by atoms with Crippen LogP contribution in [-0.2, 0) is 4.79 Å². The lowest BCUT2D eigenvalue weighted by Crippen LogP contribution is -2.46. The Kier molecular flexibility index (Phi) is 5.92. The van der Waals surface area contributed by atoms with Gasteiger partial charge < -0.3 is 15.7 Å². The van der Waals surface area contributed by atoms with E-state index in [2.05, 4.69) is 10.6 Å². The zero-order valence-corrected chi connectivity index (χ0v) is 12.2. The van der Waals surface area contributed by atoms with Crippen molar-refractivity contribution < 1.29 is 14.3 Å². The summed E-state index contributed by atoms with van der Waals surface area (Å²) >= 11 is 0. The number of alkyl halides is 1. The van der Waals surface area contributed by atoms with Crippen molar-refractivity contribution in [2.24, 2.45) is 0 Å². The monoisotopic (exact) mass is 302 g/mol. The number of benzene rings is 1. The Morgan fingerprint density at radius 2 is 2.25 bits per heavy atom. The number of halogens is 2. The van der Waals surface area contributed by atoms with E-state index in [9.17, 15) is 14.3 Å². The number of aliphatic hydroxyl groups is 1. The average Bonchev–Trinajstić information content (AvgIpc) is 2.84. The van der Waals surface area contributed by atoms with Crippen LogP contribution in [0.3, 0.4) is 0 Å². The van der Waals surface area contributed by atoms with E-state index < -0.39 is 17.7 Å². The summed E-state index contributed by atoms with van der Waals surface area (Å²) in [4.78, 5) is 11.8. The van der Waals surface area contributed by atoms with Crippen molar-refractivity contribution >= 4 is 18.3 Å². The maximum absolute atomic E-state index is 14.1. The number of amides is 1. The molecule has 6 heteroatoms. The second-order valence-corrected chi connectivity index (χ2v) is 4.97. The Morgan fingerprint density at radius 1 is 1.55 bits per heavy atom. The number of aryl methyl sites for hydroxylation is 1. The number of hydrogen-bond acceptors (Lipinski definition) is 3. The molecular formula is C14H20ClFN2O2. The van der Waals surface area contributed by atoms with Crippen LogP contribution in [-0.4, -0.2) is 36.3 Å². The standard InChI is InChI=1S/C14H19FN2O2.ClH/c1-10-4-2-3-5-11(10)12(18)8-17-13(19)14(15)6-7-16-9-14;/h2-5,12,16,18H,6-9H2,1H3,(H,17,19);1H. The zero-order valence-electron chi connectivity index (χ0n) is 11.4. The molecule has 2 unspecified atom stereocenters. The third kappa shape index (κ3) is 3.69. The van der Waals surface area contributed by atoms with Crippen LogP contribution in [0.5, 0.6) is 0 Å². The number of carbonyl (C=O) groups excluding carboxylic acids is 1. The molecule has 2 atom stereocenters. The van der Waals surface area contributed by atoms with E-state index in [1.807, 2.05) is 25.1 Å². The predicted octanol–water partition coefficient (Wildman–Crippen LogP) is 1.27. The fourth-order valence-corrected chi connectivity index (χ4v) is 2.27. The van der Waals surface area contributed by atoms with E-state index in [1.54, 1.807) is 6.07 Å². The highest BCUT2D eigenvalue weighted by molar-refractivity contribution is 5.86. The van der Waals surface area contributed by atoms with E-state index >= 15 is 0 Å². The molecule has 1 aromatic carbocycles. The molecule has 0 aromatic heterocycles. The van der Waals surface area contributed by atoms with Crippen molar-refractivity contribution in [1.82, 2.24) is 10.6 Å². The molecule has 0 bridgehead atoms. The minimum Gasteiger partial charge on any atom is -0.387 e. The van der Waals surface area contributed by atoms with Gasteiger partial charge in [-0.1, -0.05) is 24.3 Å². The van der Waals surface area contributed by atoms with Gasteiger partial charge in [-0.15, -0.1) is 12.4 Å². The van der Waals surface area contributed by atoms with Gasteiger partial charge in [-0.25, -0.2) is 4.39 Å². The van der Waals surface area contributed by atoms with Crippen LogP contribution in [0.4, 0.5) is 4.39 Å². The number of aliphatic hydroxyl groups excluding tert-OH is 1. The summed E-state index contributed by atoms with van der Waals surface area (Å²) in [7, 11) is 0. The Hall–Kier alpha value is -1.17. The smallest absolute Gasteiger partial charge is 0.259 e. The van der Waals surface area contributed by atoms with Crippen LogP contribution in [0.2, 0.25) is 0 Å². The molecule has 4 nitrogen and oxygen atoms in total. The van der Waals surface area contributed by atoms with Crippen LogP contribution in [0.15, 0.2) is 24.3 Å². The molecule has 112 valence electrons. The first-order valence-electron chi connectivity index (χ1n) is 6.44. The van der Waals surface area contributed by atoms with Crippen LogP contribution in [0.25, 0.3) is 0 Å². The Balaban J connectivity index is 0.00000200. The first-order valence-corrected chi connectivity index (χ1v) is 6.44. The van der Waals surface area contributed by atoms with Crippen molar-refractivity contribution in [3.05, 3.63) is 35.4 Å². The van der Waals surface area contributed by atoms with Gasteiger partial charge in [0.1, 0.15) is 0 Å². The van der Waals surface area contributed by atoms with E-state index in [0.717, 1.165) is 11.1 Å². The molecule has 1 fully saturated rings. The quantitative estimate of drug-likeness (QED) is 0.785. The lowest BCUT2D eigenvalue weighted by molar-refractivity contribution is -0.132. The van der Waals surface area contributed by atoms with E-state index in [0.29, 0.717) is 6.54 Å². The van der Waals surface area contributed by atoms with Gasteiger partial charge in [-0.05, 0) is 24.6 Å². The highest BCUT2D eigenvalue weighted by Crippen LogP contribution is 2.21. The van der Waals surface area contributed by atoms with E-state index in [-0.39, 0.29) is 31.9 Å². The summed E-state index contributed by atoms with van der Waals surface area (Å²) in [6.45, 7) is 2.46. The molecule has 2 rings (SSSR count). The molecule has 0 saturated carbocycles. The molecule has 0 radical (unpaired) electrons. The minimum absolute atomic E-state index is 0. The molecule has 1 aromatic rings. The number of hydrogen-bond donors (Lipinski definition) is 3. The first-order chi connectivity index (χ1) is 9.03. The van der Waals surface area contributed by atoms with Crippen LogP contribution in [0, 0.1) is 6.92 Å². The van der Waals surface area contributed by atoms with Gasteiger partial charge in [-0.2, -0.15) is 0 Å². The van der Waals surface area contributed by atoms with Crippen molar-refractivity contribution in [2.45, 2.75) is 25.1 Å². The summed E-state index contributed by atoms with van der Waals surface area (Å²) in [6.07, 6.45) is -0.637. The molecule has 0 spiro atoms.